The molecule has 0 radical (unpaired) electrons. The van der Waals surface area contributed by atoms with Crippen molar-refractivity contribution in [2.24, 2.45) is 17.8 Å². The van der Waals surface area contributed by atoms with E-state index in [-0.39, 0.29) is 42.7 Å². The third-order valence-electron chi connectivity index (χ3n) is 7.80. The number of fused-ring (bicyclic) bond motifs is 1. The molecule has 1 aliphatic heterocycles. The predicted octanol–water partition coefficient (Wildman–Crippen LogP) is 7.29. The van der Waals surface area contributed by atoms with Crippen molar-refractivity contribution in [3.05, 3.63) is 41.5 Å². The lowest BCUT2D eigenvalue weighted by Gasteiger charge is -2.34. The molecule has 204 valence electrons. The Morgan fingerprint density at radius 2 is 1.76 bits per heavy atom. The topological polar surface area (TPSA) is 49.8 Å². The molecule has 4 rings (SSSR count). The van der Waals surface area contributed by atoms with Crippen LogP contribution in [0, 0.1) is 17.8 Å². The second kappa shape index (κ2) is 10.7. The number of ether oxygens (including phenoxy) is 1. The summed E-state index contributed by atoms with van der Waals surface area (Å²) in [4.78, 5) is 13.5. The van der Waals surface area contributed by atoms with Crippen LogP contribution in [0.25, 0.3) is 10.8 Å². The monoisotopic (exact) mass is 531 g/mol. The normalized spacial score (nSPS) is 24.7. The first-order valence-electron chi connectivity index (χ1n) is 12.6. The second-order valence-corrected chi connectivity index (χ2v) is 10.4. The molecule has 10 heteroatoms. The molecule has 0 aromatic heterocycles. The maximum Gasteiger partial charge on any atom is 0.420 e. The number of likely N-dealkylation sites (tertiary alicyclic amines) is 1. The summed E-state index contributed by atoms with van der Waals surface area (Å²) in [5, 5.41) is 9.70. The molecule has 1 aliphatic carbocycles. The van der Waals surface area contributed by atoms with Gasteiger partial charge in [0, 0.05) is 13.1 Å². The molecule has 37 heavy (non-hydrogen) atoms. The molecule has 2 fully saturated rings. The van der Waals surface area contributed by atoms with Crippen molar-refractivity contribution in [3.63, 3.8) is 0 Å². The van der Waals surface area contributed by atoms with Crippen molar-refractivity contribution in [2.75, 3.05) is 13.1 Å². The number of halogens is 6. The van der Waals surface area contributed by atoms with E-state index in [0.717, 1.165) is 24.9 Å². The highest BCUT2D eigenvalue weighted by molar-refractivity contribution is 5.89. The predicted molar refractivity (Wildman–Crippen MR) is 126 cm³/mol. The largest absolute Gasteiger partial charge is 0.490 e. The van der Waals surface area contributed by atoms with E-state index in [0.29, 0.717) is 18.5 Å². The zero-order valence-electron chi connectivity index (χ0n) is 20.5. The Morgan fingerprint density at radius 3 is 2.38 bits per heavy atom. The summed E-state index contributed by atoms with van der Waals surface area (Å²) in [6.45, 7) is 3.61. The number of hydrogen-bond acceptors (Lipinski definition) is 3. The summed E-state index contributed by atoms with van der Waals surface area (Å²) in [6, 6.07) is 7.57. The van der Waals surface area contributed by atoms with Gasteiger partial charge in [-0.15, -0.1) is 0 Å². The maximum absolute atomic E-state index is 14.1. The average molecular weight is 532 g/mol. The molecule has 2 aromatic carbocycles. The fraction of sp³-hybridized carbons (Fsp3) is 0.593. The van der Waals surface area contributed by atoms with E-state index >= 15 is 0 Å². The quantitative estimate of drug-likeness (QED) is 0.398. The molecule has 4 nitrogen and oxygen atoms in total. The van der Waals surface area contributed by atoms with Gasteiger partial charge in [0.2, 0.25) is 0 Å². The number of piperidine rings is 1. The van der Waals surface area contributed by atoms with E-state index in [1.165, 1.54) is 12.1 Å². The van der Waals surface area contributed by atoms with Crippen molar-refractivity contribution < 1.29 is 41.0 Å². The van der Waals surface area contributed by atoms with Crippen LogP contribution < -0.4 is 4.74 Å². The van der Waals surface area contributed by atoms with E-state index in [9.17, 15) is 36.2 Å². The smallest absolute Gasteiger partial charge is 0.420 e. The Morgan fingerprint density at radius 1 is 1.05 bits per heavy atom. The van der Waals surface area contributed by atoms with Crippen molar-refractivity contribution >= 4 is 16.7 Å². The molecular weight excluding hydrogens is 500 g/mol. The van der Waals surface area contributed by atoms with Gasteiger partial charge in [0.05, 0.1) is 17.9 Å². The highest BCUT2D eigenvalue weighted by atomic mass is 19.4. The Labute approximate surface area is 211 Å². The van der Waals surface area contributed by atoms with Crippen molar-refractivity contribution in [1.29, 1.82) is 0 Å². The molecule has 0 bridgehead atoms. The van der Waals surface area contributed by atoms with Crippen LogP contribution >= 0.6 is 0 Å². The number of carbonyl (C=O) groups is 1. The van der Waals surface area contributed by atoms with Gasteiger partial charge in [-0.3, -0.25) is 9.69 Å². The molecule has 0 amide bonds. The molecule has 0 spiro atoms. The van der Waals surface area contributed by atoms with Gasteiger partial charge in [0.25, 0.3) is 0 Å². The van der Waals surface area contributed by atoms with Crippen molar-refractivity contribution in [3.8, 4) is 5.75 Å². The Kier molecular flexibility index (Phi) is 7.97. The van der Waals surface area contributed by atoms with Crippen LogP contribution in [0.5, 0.6) is 5.75 Å². The van der Waals surface area contributed by atoms with E-state index < -0.39 is 41.8 Å². The van der Waals surface area contributed by atoms with E-state index in [1.807, 2.05) is 0 Å². The SMILES string of the molecule is C[C@H](C(=O)O)C1CCCN(Cc2ccc3c(C(F)(F)F)c(OC4CCC(C(F)(F)F)CC4)ccc3c2)C1. The first-order chi connectivity index (χ1) is 17.3. The zero-order chi connectivity index (χ0) is 27.0. The van der Waals surface area contributed by atoms with E-state index in [2.05, 4.69) is 4.90 Å². The Balaban J connectivity index is 1.52. The summed E-state index contributed by atoms with van der Waals surface area (Å²) in [7, 11) is 0. The summed E-state index contributed by atoms with van der Waals surface area (Å²) in [5.74, 6) is -3.06. The van der Waals surface area contributed by atoms with Gasteiger partial charge in [-0.2, -0.15) is 26.3 Å². The highest BCUT2D eigenvalue weighted by Crippen LogP contribution is 2.44. The number of carboxylic acid groups (broad SMARTS) is 1. The summed E-state index contributed by atoms with van der Waals surface area (Å²) >= 11 is 0. The third-order valence-corrected chi connectivity index (χ3v) is 7.80. The van der Waals surface area contributed by atoms with Gasteiger partial charge in [-0.05, 0) is 79.5 Å². The van der Waals surface area contributed by atoms with Gasteiger partial charge in [-0.25, -0.2) is 0 Å². The van der Waals surface area contributed by atoms with Gasteiger partial charge in [0.1, 0.15) is 11.3 Å². The van der Waals surface area contributed by atoms with Gasteiger partial charge >= 0.3 is 18.3 Å². The maximum atomic E-state index is 14.1. The highest BCUT2D eigenvalue weighted by Gasteiger charge is 2.43. The second-order valence-electron chi connectivity index (χ2n) is 10.4. The minimum atomic E-state index is -4.70. The Hall–Kier alpha value is -2.49. The first-order valence-corrected chi connectivity index (χ1v) is 12.6. The lowest BCUT2D eigenvalue weighted by Crippen LogP contribution is -2.39. The summed E-state index contributed by atoms with van der Waals surface area (Å²) in [5.41, 5.74) is -0.0915. The fourth-order valence-corrected chi connectivity index (χ4v) is 5.64. The standard InChI is InChI=1S/C27H31F6NO3/c1-16(25(35)36)19-3-2-12-34(15-19)14-17-4-10-22-18(13-17)5-11-23(24(22)27(31,32)33)37-21-8-6-20(7-9-21)26(28,29)30/h4-5,10-11,13,16,19-21H,2-3,6-9,12,14-15H2,1H3,(H,35,36)/t16-,19?,20?,21?/m0/s1. The van der Waals surface area contributed by atoms with Crippen LogP contribution in [0.4, 0.5) is 26.3 Å². The number of carboxylic acids is 1. The molecule has 2 aliphatic rings. The number of rotatable bonds is 6. The van der Waals surface area contributed by atoms with Crippen LogP contribution in [0.2, 0.25) is 0 Å². The molecule has 1 N–H and O–H groups in total. The number of alkyl halides is 6. The lowest BCUT2D eigenvalue weighted by atomic mass is 9.86. The zero-order valence-corrected chi connectivity index (χ0v) is 20.5. The Bertz CT molecular complexity index is 1110. The van der Waals surface area contributed by atoms with Crippen LogP contribution in [-0.4, -0.2) is 41.3 Å². The van der Waals surface area contributed by atoms with Gasteiger partial charge in [-0.1, -0.05) is 25.1 Å². The van der Waals surface area contributed by atoms with Crippen LogP contribution in [0.15, 0.2) is 30.3 Å². The van der Waals surface area contributed by atoms with Gasteiger partial charge < -0.3 is 9.84 Å². The van der Waals surface area contributed by atoms with E-state index in [1.54, 1.807) is 25.1 Å². The fourth-order valence-electron chi connectivity index (χ4n) is 5.64. The van der Waals surface area contributed by atoms with Gasteiger partial charge in [0.15, 0.2) is 0 Å². The molecular formula is C27H31F6NO3. The molecule has 1 saturated heterocycles. The number of aliphatic carboxylic acids is 1. The van der Waals surface area contributed by atoms with E-state index in [4.69, 9.17) is 4.74 Å². The first kappa shape index (κ1) is 27.5. The van der Waals surface area contributed by atoms with Crippen molar-refractivity contribution in [1.82, 2.24) is 4.90 Å². The van der Waals surface area contributed by atoms with Crippen molar-refractivity contribution in [2.45, 2.75) is 70.4 Å². The number of hydrogen-bond donors (Lipinski definition) is 1. The molecule has 2 atom stereocenters. The minimum absolute atomic E-state index is 0.0197. The molecule has 1 unspecified atom stereocenters. The number of benzene rings is 2. The van der Waals surface area contributed by atoms with Crippen LogP contribution in [0.1, 0.15) is 56.6 Å². The summed E-state index contributed by atoms with van der Waals surface area (Å²) < 4.78 is 86.8. The lowest BCUT2D eigenvalue weighted by molar-refractivity contribution is -0.185. The average Bonchev–Trinajstić information content (AvgIpc) is 2.82. The molecule has 2 aromatic rings. The molecule has 1 saturated carbocycles. The third kappa shape index (κ3) is 6.51. The summed E-state index contributed by atoms with van der Waals surface area (Å²) in [6.07, 6.45) is -8.22. The molecule has 1 heterocycles. The van der Waals surface area contributed by atoms with Crippen LogP contribution in [-0.2, 0) is 17.5 Å². The minimum Gasteiger partial charge on any atom is -0.490 e. The number of nitrogens with zero attached hydrogens (tertiary/aromatic N) is 1. The van der Waals surface area contributed by atoms with Crippen LogP contribution in [0.3, 0.4) is 0 Å².